The lowest BCUT2D eigenvalue weighted by molar-refractivity contribution is 1.02. The second-order valence-corrected chi connectivity index (χ2v) is 5.09. The first-order chi connectivity index (χ1) is 9.52. The molecule has 0 fully saturated rings. The number of nitrogens with one attached hydrogen (secondary N) is 2. The fourth-order valence-corrected chi connectivity index (χ4v) is 2.27. The molecule has 2 aromatic rings. The van der Waals surface area contributed by atoms with Crippen molar-refractivity contribution in [2.45, 2.75) is 27.7 Å². The first-order valence-electron chi connectivity index (χ1n) is 6.64. The predicted octanol–water partition coefficient (Wildman–Crippen LogP) is 4.23. The van der Waals surface area contributed by atoms with Crippen LogP contribution in [0.3, 0.4) is 0 Å². The van der Waals surface area contributed by atoms with Crippen molar-refractivity contribution in [1.82, 2.24) is 9.97 Å². The molecule has 0 radical (unpaired) electrons. The quantitative estimate of drug-likeness (QED) is 0.885. The van der Waals surface area contributed by atoms with Crippen LogP contribution in [-0.4, -0.2) is 16.5 Å². The number of benzene rings is 1. The number of hydrogen-bond acceptors (Lipinski definition) is 4. The summed E-state index contributed by atoms with van der Waals surface area (Å²) in [6.07, 6.45) is 0. The first kappa shape index (κ1) is 14.6. The van der Waals surface area contributed by atoms with E-state index in [-0.39, 0.29) is 0 Å². The van der Waals surface area contributed by atoms with Gasteiger partial charge in [0.25, 0.3) is 0 Å². The highest BCUT2D eigenvalue weighted by atomic mass is 35.5. The second kappa shape index (κ2) is 6.09. The van der Waals surface area contributed by atoms with Gasteiger partial charge < -0.3 is 10.6 Å². The number of para-hydroxylation sites is 1. The molecule has 0 amide bonds. The number of anilines is 3. The van der Waals surface area contributed by atoms with Gasteiger partial charge in [0.15, 0.2) is 0 Å². The molecule has 0 saturated heterocycles. The summed E-state index contributed by atoms with van der Waals surface area (Å²) in [6, 6.07) is 5.82. The zero-order valence-corrected chi connectivity index (χ0v) is 13.0. The lowest BCUT2D eigenvalue weighted by Gasteiger charge is -2.15. The summed E-state index contributed by atoms with van der Waals surface area (Å²) in [5.74, 6) is 2.36. The summed E-state index contributed by atoms with van der Waals surface area (Å²) >= 11 is 6.25. The van der Waals surface area contributed by atoms with Crippen molar-refractivity contribution in [1.29, 1.82) is 0 Å². The van der Waals surface area contributed by atoms with Crippen molar-refractivity contribution >= 4 is 28.9 Å². The normalized spacial score (nSPS) is 10.4. The Morgan fingerprint density at radius 2 is 1.80 bits per heavy atom. The molecule has 0 atom stereocenters. The Hall–Kier alpha value is -1.81. The van der Waals surface area contributed by atoms with E-state index in [0.717, 1.165) is 40.8 Å². The molecule has 0 bridgehead atoms. The van der Waals surface area contributed by atoms with Gasteiger partial charge in [-0.25, -0.2) is 9.97 Å². The Labute approximate surface area is 124 Å². The standard InChI is InChI=1S/C15H19ClN4/c1-5-17-14-10(3)15(19-11(4)18-14)20-13-9(2)7-6-8-12(13)16/h6-8H,5H2,1-4H3,(H2,17,18,19,20). The molecule has 4 nitrogen and oxygen atoms in total. The Bertz CT molecular complexity index is 605. The van der Waals surface area contributed by atoms with Crippen molar-refractivity contribution in [2.75, 3.05) is 17.2 Å². The number of rotatable bonds is 4. The Kier molecular flexibility index (Phi) is 4.45. The van der Waals surface area contributed by atoms with E-state index in [1.54, 1.807) is 0 Å². The molecule has 1 aromatic carbocycles. The minimum atomic E-state index is 0.686. The number of nitrogens with zero attached hydrogens (tertiary/aromatic N) is 2. The van der Waals surface area contributed by atoms with E-state index in [4.69, 9.17) is 11.6 Å². The number of aromatic nitrogens is 2. The van der Waals surface area contributed by atoms with E-state index in [9.17, 15) is 0 Å². The monoisotopic (exact) mass is 290 g/mol. The molecule has 1 heterocycles. The van der Waals surface area contributed by atoms with Crippen LogP contribution in [-0.2, 0) is 0 Å². The molecule has 1 aromatic heterocycles. The third-order valence-electron chi connectivity index (χ3n) is 3.07. The minimum Gasteiger partial charge on any atom is -0.370 e. The summed E-state index contributed by atoms with van der Waals surface area (Å²) in [6.45, 7) is 8.75. The molecule has 2 rings (SSSR count). The average molecular weight is 291 g/mol. The van der Waals surface area contributed by atoms with Crippen molar-refractivity contribution in [2.24, 2.45) is 0 Å². The van der Waals surface area contributed by atoms with Gasteiger partial charge in [0.05, 0.1) is 10.7 Å². The fraction of sp³-hybridized carbons (Fsp3) is 0.333. The number of halogens is 1. The summed E-state index contributed by atoms with van der Waals surface area (Å²) < 4.78 is 0. The molecule has 20 heavy (non-hydrogen) atoms. The van der Waals surface area contributed by atoms with Crippen LogP contribution in [0.2, 0.25) is 5.02 Å². The van der Waals surface area contributed by atoms with Gasteiger partial charge in [-0.3, -0.25) is 0 Å². The van der Waals surface area contributed by atoms with Crippen molar-refractivity contribution in [3.8, 4) is 0 Å². The third kappa shape index (κ3) is 3.02. The zero-order valence-electron chi connectivity index (χ0n) is 12.2. The van der Waals surface area contributed by atoms with Crippen LogP contribution in [0.1, 0.15) is 23.9 Å². The van der Waals surface area contributed by atoms with E-state index in [2.05, 4.69) is 20.6 Å². The average Bonchev–Trinajstić information content (AvgIpc) is 2.39. The van der Waals surface area contributed by atoms with Crippen LogP contribution in [0.4, 0.5) is 17.3 Å². The molecule has 5 heteroatoms. The van der Waals surface area contributed by atoms with Gasteiger partial charge in [0, 0.05) is 12.1 Å². The summed E-state index contributed by atoms with van der Waals surface area (Å²) in [4.78, 5) is 8.89. The molecule has 106 valence electrons. The van der Waals surface area contributed by atoms with Crippen LogP contribution < -0.4 is 10.6 Å². The van der Waals surface area contributed by atoms with Gasteiger partial charge in [-0.1, -0.05) is 23.7 Å². The molecule has 0 aliphatic rings. The highest BCUT2D eigenvalue weighted by Gasteiger charge is 2.11. The van der Waals surface area contributed by atoms with E-state index in [1.165, 1.54) is 0 Å². The van der Waals surface area contributed by atoms with Gasteiger partial charge >= 0.3 is 0 Å². The molecular weight excluding hydrogens is 272 g/mol. The Morgan fingerprint density at radius 3 is 2.45 bits per heavy atom. The lowest BCUT2D eigenvalue weighted by atomic mass is 10.2. The van der Waals surface area contributed by atoms with Gasteiger partial charge in [0.1, 0.15) is 17.5 Å². The van der Waals surface area contributed by atoms with Crippen LogP contribution >= 0.6 is 11.6 Å². The fourth-order valence-electron chi connectivity index (χ4n) is 2.00. The Balaban J connectivity index is 2.43. The molecule has 0 aliphatic heterocycles. The lowest BCUT2D eigenvalue weighted by Crippen LogP contribution is -2.08. The maximum atomic E-state index is 6.25. The number of hydrogen-bond donors (Lipinski definition) is 2. The van der Waals surface area contributed by atoms with Crippen LogP contribution in [0, 0.1) is 20.8 Å². The Morgan fingerprint density at radius 1 is 1.10 bits per heavy atom. The molecule has 0 unspecified atom stereocenters. The smallest absolute Gasteiger partial charge is 0.139 e. The van der Waals surface area contributed by atoms with E-state index < -0.39 is 0 Å². The first-order valence-corrected chi connectivity index (χ1v) is 7.02. The summed E-state index contributed by atoms with van der Waals surface area (Å²) in [5, 5.41) is 7.26. The van der Waals surface area contributed by atoms with Crippen LogP contribution in [0.25, 0.3) is 0 Å². The topological polar surface area (TPSA) is 49.8 Å². The summed E-state index contributed by atoms with van der Waals surface area (Å²) in [7, 11) is 0. The van der Waals surface area contributed by atoms with Gasteiger partial charge in [-0.15, -0.1) is 0 Å². The van der Waals surface area contributed by atoms with Gasteiger partial charge in [0.2, 0.25) is 0 Å². The molecule has 0 saturated carbocycles. The van der Waals surface area contributed by atoms with Crippen molar-refractivity contribution in [3.63, 3.8) is 0 Å². The second-order valence-electron chi connectivity index (χ2n) is 4.68. The van der Waals surface area contributed by atoms with Crippen molar-refractivity contribution < 1.29 is 0 Å². The molecule has 0 aliphatic carbocycles. The maximum Gasteiger partial charge on any atom is 0.139 e. The third-order valence-corrected chi connectivity index (χ3v) is 3.38. The molecule has 2 N–H and O–H groups in total. The van der Waals surface area contributed by atoms with Gasteiger partial charge in [-0.2, -0.15) is 0 Å². The SMILES string of the molecule is CCNc1nc(C)nc(Nc2c(C)cccc2Cl)c1C. The minimum absolute atomic E-state index is 0.686. The van der Waals surface area contributed by atoms with Crippen molar-refractivity contribution in [3.05, 3.63) is 40.2 Å². The predicted molar refractivity (Wildman–Crippen MR) is 85.1 cm³/mol. The largest absolute Gasteiger partial charge is 0.370 e. The van der Waals surface area contributed by atoms with Crippen LogP contribution in [0.15, 0.2) is 18.2 Å². The van der Waals surface area contributed by atoms with E-state index >= 15 is 0 Å². The highest BCUT2D eigenvalue weighted by Crippen LogP contribution is 2.30. The molecular formula is C15H19ClN4. The number of aryl methyl sites for hydroxylation is 2. The van der Waals surface area contributed by atoms with Gasteiger partial charge in [-0.05, 0) is 39.3 Å². The molecule has 0 spiro atoms. The van der Waals surface area contributed by atoms with E-state index in [0.29, 0.717) is 5.02 Å². The summed E-state index contributed by atoms with van der Waals surface area (Å²) in [5.41, 5.74) is 2.95. The highest BCUT2D eigenvalue weighted by molar-refractivity contribution is 6.33. The zero-order chi connectivity index (χ0) is 14.7. The van der Waals surface area contributed by atoms with E-state index in [1.807, 2.05) is 45.9 Å². The van der Waals surface area contributed by atoms with Crippen LogP contribution in [0.5, 0.6) is 0 Å². The maximum absolute atomic E-state index is 6.25.